The van der Waals surface area contributed by atoms with Crippen LogP contribution < -0.4 is 4.90 Å². The normalized spacial score (nSPS) is 13.4. The zero-order valence-electron chi connectivity index (χ0n) is 19.7. The Bertz CT molecular complexity index is 1170. The van der Waals surface area contributed by atoms with Gasteiger partial charge in [0.2, 0.25) is 0 Å². The highest BCUT2D eigenvalue weighted by Crippen LogP contribution is 2.39. The number of halogens is 2. The van der Waals surface area contributed by atoms with E-state index in [1.54, 1.807) is 24.5 Å². The molecule has 10 heteroatoms. The second-order valence-electron chi connectivity index (χ2n) is 7.95. The SMILES string of the molecule is COC(=O)CSc1cc(N(Cc2cnccc2C)C(=O)C2=C(C(=O)OC)CCCC2)c(Cl)cc1Cl. The molecule has 0 N–H and O–H groups in total. The summed E-state index contributed by atoms with van der Waals surface area (Å²) < 4.78 is 9.67. The number of pyridine rings is 1. The van der Waals surface area contributed by atoms with Gasteiger partial charge in [-0.3, -0.25) is 14.6 Å². The molecule has 1 aliphatic carbocycles. The number of thioether (sulfide) groups is 1. The van der Waals surface area contributed by atoms with Crippen molar-refractivity contribution < 1.29 is 23.9 Å². The predicted molar refractivity (Wildman–Crippen MR) is 137 cm³/mol. The smallest absolute Gasteiger partial charge is 0.334 e. The molecular formula is C25H26Cl2N2O5S. The summed E-state index contributed by atoms with van der Waals surface area (Å²) in [4.78, 5) is 44.4. The maximum atomic E-state index is 14.0. The molecule has 1 aromatic carbocycles. The lowest BCUT2D eigenvalue weighted by Gasteiger charge is -2.28. The van der Waals surface area contributed by atoms with Crippen LogP contribution in [-0.2, 0) is 30.4 Å². The van der Waals surface area contributed by atoms with Gasteiger partial charge >= 0.3 is 11.9 Å². The van der Waals surface area contributed by atoms with Crippen molar-refractivity contribution in [3.8, 4) is 0 Å². The number of benzene rings is 1. The van der Waals surface area contributed by atoms with E-state index in [2.05, 4.69) is 4.98 Å². The molecular weight excluding hydrogens is 511 g/mol. The van der Waals surface area contributed by atoms with Gasteiger partial charge < -0.3 is 14.4 Å². The number of aryl methyl sites for hydroxylation is 1. The fourth-order valence-corrected chi connectivity index (χ4v) is 5.21. The molecule has 1 aromatic heterocycles. The monoisotopic (exact) mass is 536 g/mol. The highest BCUT2D eigenvalue weighted by molar-refractivity contribution is 8.00. The number of rotatable bonds is 8. The molecule has 0 spiro atoms. The number of ether oxygens (including phenoxy) is 2. The van der Waals surface area contributed by atoms with Gasteiger partial charge in [-0.1, -0.05) is 23.2 Å². The Morgan fingerprint density at radius 3 is 2.43 bits per heavy atom. The number of esters is 2. The molecule has 1 aliphatic rings. The molecule has 1 amide bonds. The number of carbonyl (C=O) groups excluding carboxylic acids is 3. The standard InChI is InChI=1S/C25H26Cl2N2O5S/c1-15-8-9-28-12-16(15)13-29(24(31)17-6-4-5-7-18(17)25(32)34-3)21-11-22(20(27)10-19(21)26)35-14-23(30)33-2/h8-12H,4-7,13-14H2,1-3H3. The molecule has 0 bridgehead atoms. The molecule has 0 fully saturated rings. The fourth-order valence-electron chi connectivity index (χ4n) is 3.78. The Balaban J connectivity index is 2.11. The Morgan fingerprint density at radius 1 is 1.06 bits per heavy atom. The number of hydrogen-bond acceptors (Lipinski definition) is 7. The number of carbonyl (C=O) groups is 3. The van der Waals surface area contributed by atoms with Crippen molar-refractivity contribution in [1.29, 1.82) is 0 Å². The van der Waals surface area contributed by atoms with Crippen LogP contribution in [0.25, 0.3) is 0 Å². The van der Waals surface area contributed by atoms with Crippen molar-refractivity contribution in [2.75, 3.05) is 24.9 Å². The molecule has 0 aliphatic heterocycles. The maximum Gasteiger partial charge on any atom is 0.334 e. The van der Waals surface area contributed by atoms with Gasteiger partial charge in [0.1, 0.15) is 0 Å². The first-order chi connectivity index (χ1) is 16.8. The van der Waals surface area contributed by atoms with Crippen LogP contribution in [0.5, 0.6) is 0 Å². The van der Waals surface area contributed by atoms with Crippen LogP contribution >= 0.6 is 35.0 Å². The van der Waals surface area contributed by atoms with Gasteiger partial charge in [0, 0.05) is 28.4 Å². The third-order valence-electron chi connectivity index (χ3n) is 5.74. The maximum absolute atomic E-state index is 14.0. The van der Waals surface area contributed by atoms with E-state index in [4.69, 9.17) is 32.7 Å². The fraction of sp³-hybridized carbons (Fsp3) is 0.360. The van der Waals surface area contributed by atoms with Gasteiger partial charge in [-0.15, -0.1) is 11.8 Å². The summed E-state index contributed by atoms with van der Waals surface area (Å²) >= 11 is 14.2. The zero-order chi connectivity index (χ0) is 25.5. The zero-order valence-corrected chi connectivity index (χ0v) is 22.1. The summed E-state index contributed by atoms with van der Waals surface area (Å²) in [5.74, 6) is -1.19. The van der Waals surface area contributed by atoms with E-state index < -0.39 is 11.9 Å². The predicted octanol–water partition coefficient (Wildman–Crippen LogP) is 5.54. The minimum atomic E-state index is -0.498. The number of aromatic nitrogens is 1. The van der Waals surface area contributed by atoms with Crippen LogP contribution in [0.15, 0.2) is 46.6 Å². The molecule has 0 atom stereocenters. The van der Waals surface area contributed by atoms with E-state index in [0.29, 0.717) is 39.6 Å². The van der Waals surface area contributed by atoms with Crippen LogP contribution in [0.2, 0.25) is 10.0 Å². The summed E-state index contributed by atoms with van der Waals surface area (Å²) in [6.45, 7) is 2.11. The van der Waals surface area contributed by atoms with Crippen molar-refractivity contribution in [1.82, 2.24) is 4.98 Å². The van der Waals surface area contributed by atoms with Crippen LogP contribution in [0.1, 0.15) is 36.8 Å². The number of hydrogen-bond donors (Lipinski definition) is 0. The lowest BCUT2D eigenvalue weighted by molar-refractivity contribution is -0.138. The lowest BCUT2D eigenvalue weighted by Crippen LogP contribution is -2.34. The van der Waals surface area contributed by atoms with E-state index in [1.807, 2.05) is 13.0 Å². The van der Waals surface area contributed by atoms with Crippen LogP contribution in [0.4, 0.5) is 5.69 Å². The largest absolute Gasteiger partial charge is 0.468 e. The molecule has 35 heavy (non-hydrogen) atoms. The summed E-state index contributed by atoms with van der Waals surface area (Å²) in [6, 6.07) is 5.09. The van der Waals surface area contributed by atoms with Crippen LogP contribution in [0.3, 0.4) is 0 Å². The molecule has 3 rings (SSSR count). The molecule has 2 aromatic rings. The average molecular weight is 537 g/mol. The van der Waals surface area contributed by atoms with Crippen molar-refractivity contribution >= 4 is 58.5 Å². The second-order valence-corrected chi connectivity index (χ2v) is 9.78. The minimum absolute atomic E-state index is 0.0462. The summed E-state index contributed by atoms with van der Waals surface area (Å²) in [5.41, 5.74) is 3.00. The molecule has 0 unspecified atom stereocenters. The molecule has 0 saturated carbocycles. The van der Waals surface area contributed by atoms with Crippen LogP contribution in [-0.4, -0.2) is 42.8 Å². The Kier molecular flexibility index (Phi) is 9.60. The first-order valence-electron chi connectivity index (χ1n) is 11.0. The van der Waals surface area contributed by atoms with E-state index in [9.17, 15) is 14.4 Å². The Hall–Kier alpha value is -2.55. The van der Waals surface area contributed by atoms with Gasteiger partial charge in [-0.2, -0.15) is 0 Å². The summed E-state index contributed by atoms with van der Waals surface area (Å²) in [7, 11) is 2.62. The van der Waals surface area contributed by atoms with Crippen molar-refractivity contribution in [3.63, 3.8) is 0 Å². The summed E-state index contributed by atoms with van der Waals surface area (Å²) in [5, 5.41) is 0.619. The van der Waals surface area contributed by atoms with Gasteiger partial charge in [-0.25, -0.2) is 4.79 Å². The minimum Gasteiger partial charge on any atom is -0.468 e. The van der Waals surface area contributed by atoms with Crippen molar-refractivity contribution in [3.05, 3.63) is 62.9 Å². The first-order valence-corrected chi connectivity index (χ1v) is 12.7. The van der Waals surface area contributed by atoms with E-state index in [0.717, 1.165) is 24.0 Å². The quantitative estimate of drug-likeness (QED) is 0.323. The number of anilines is 1. The number of nitrogens with zero attached hydrogens (tertiary/aromatic N) is 2. The average Bonchev–Trinajstić information content (AvgIpc) is 2.87. The molecule has 186 valence electrons. The van der Waals surface area contributed by atoms with Gasteiger partial charge in [-0.05, 0) is 61.9 Å². The second kappa shape index (κ2) is 12.4. The van der Waals surface area contributed by atoms with Gasteiger partial charge in [0.05, 0.1) is 42.2 Å². The van der Waals surface area contributed by atoms with Crippen LogP contribution in [0, 0.1) is 6.92 Å². The van der Waals surface area contributed by atoms with Gasteiger partial charge in [0.15, 0.2) is 0 Å². The molecule has 0 saturated heterocycles. The topological polar surface area (TPSA) is 85.8 Å². The van der Waals surface area contributed by atoms with E-state index >= 15 is 0 Å². The third-order valence-corrected chi connectivity index (χ3v) is 7.50. The van der Waals surface area contributed by atoms with E-state index in [1.165, 1.54) is 30.9 Å². The molecule has 1 heterocycles. The van der Waals surface area contributed by atoms with Crippen molar-refractivity contribution in [2.45, 2.75) is 44.0 Å². The molecule has 0 radical (unpaired) electrons. The first kappa shape index (κ1) is 27.0. The lowest BCUT2D eigenvalue weighted by atomic mass is 9.90. The number of amides is 1. The number of methoxy groups -OCH3 is 2. The Labute approximate surface area is 218 Å². The highest BCUT2D eigenvalue weighted by atomic mass is 35.5. The summed E-state index contributed by atoms with van der Waals surface area (Å²) in [6.07, 6.45) is 5.90. The van der Waals surface area contributed by atoms with E-state index in [-0.39, 0.29) is 23.2 Å². The third kappa shape index (κ3) is 6.57. The van der Waals surface area contributed by atoms with Gasteiger partial charge in [0.25, 0.3) is 5.91 Å². The highest BCUT2D eigenvalue weighted by Gasteiger charge is 2.30. The van der Waals surface area contributed by atoms with Crippen molar-refractivity contribution in [2.24, 2.45) is 0 Å². The molecule has 7 nitrogen and oxygen atoms in total. The Morgan fingerprint density at radius 2 is 1.77 bits per heavy atom.